The van der Waals surface area contributed by atoms with Crippen LogP contribution >= 0.6 is 22.9 Å². The van der Waals surface area contributed by atoms with Crippen molar-refractivity contribution in [2.75, 3.05) is 13.1 Å². The molecule has 0 radical (unpaired) electrons. The van der Waals surface area contributed by atoms with Crippen molar-refractivity contribution in [3.63, 3.8) is 0 Å². The number of aromatic nitrogens is 3. The van der Waals surface area contributed by atoms with Crippen LogP contribution in [0.15, 0.2) is 40.9 Å². The standard InChI is InChI=1S/C24H22ClF4N5O2S/c25-15-4-2-1-3-14(15)20-10-16(32-36-20)18-12-37-24(30-18)13-5-7-33(8-6-13)21(35)11-34-19(23(28)29)9-17(31-34)22(26)27/h1-4,9,12-13,20,22-23H,5-8,10-11H2. The van der Waals surface area contributed by atoms with Crippen LogP contribution in [0.4, 0.5) is 17.6 Å². The maximum Gasteiger partial charge on any atom is 0.282 e. The van der Waals surface area contributed by atoms with Crippen LogP contribution in [0, 0.1) is 0 Å². The van der Waals surface area contributed by atoms with Gasteiger partial charge in [-0.3, -0.25) is 9.48 Å². The van der Waals surface area contributed by atoms with E-state index in [9.17, 15) is 22.4 Å². The maximum absolute atomic E-state index is 13.2. The largest absolute Gasteiger partial charge is 0.387 e. The summed E-state index contributed by atoms with van der Waals surface area (Å²) < 4.78 is 52.9. The fourth-order valence-corrected chi connectivity index (χ4v) is 5.76. The van der Waals surface area contributed by atoms with Gasteiger partial charge in [0, 0.05) is 41.4 Å². The van der Waals surface area contributed by atoms with E-state index in [1.165, 1.54) is 11.3 Å². The number of amides is 1. The van der Waals surface area contributed by atoms with Crippen molar-refractivity contribution in [1.29, 1.82) is 0 Å². The van der Waals surface area contributed by atoms with Gasteiger partial charge in [0.25, 0.3) is 12.9 Å². The van der Waals surface area contributed by atoms with Gasteiger partial charge in [-0.1, -0.05) is 35.0 Å². The smallest absolute Gasteiger partial charge is 0.282 e. The number of benzene rings is 1. The van der Waals surface area contributed by atoms with E-state index >= 15 is 0 Å². The molecule has 1 aromatic carbocycles. The fraction of sp³-hybridized carbons (Fsp3) is 0.417. The molecule has 1 fully saturated rings. The monoisotopic (exact) mass is 555 g/mol. The van der Waals surface area contributed by atoms with Crippen LogP contribution in [-0.4, -0.2) is 44.4 Å². The van der Waals surface area contributed by atoms with Gasteiger partial charge in [-0.25, -0.2) is 22.5 Å². The number of oxime groups is 1. The van der Waals surface area contributed by atoms with Gasteiger partial charge in [0.05, 0.1) is 10.7 Å². The molecular weight excluding hydrogens is 534 g/mol. The summed E-state index contributed by atoms with van der Waals surface area (Å²) >= 11 is 7.80. The van der Waals surface area contributed by atoms with Gasteiger partial charge < -0.3 is 9.74 Å². The second kappa shape index (κ2) is 10.8. The van der Waals surface area contributed by atoms with Crippen molar-refractivity contribution in [1.82, 2.24) is 19.7 Å². The van der Waals surface area contributed by atoms with E-state index in [1.807, 2.05) is 29.6 Å². The van der Waals surface area contributed by atoms with Gasteiger partial charge in [0.2, 0.25) is 5.91 Å². The van der Waals surface area contributed by atoms with Gasteiger partial charge in [-0.05, 0) is 25.0 Å². The molecule has 2 aliphatic heterocycles. The predicted molar refractivity (Wildman–Crippen MR) is 129 cm³/mol. The van der Waals surface area contributed by atoms with Gasteiger partial charge >= 0.3 is 0 Å². The van der Waals surface area contributed by atoms with Crippen molar-refractivity contribution in [3.8, 4) is 0 Å². The minimum absolute atomic E-state index is 0.136. The van der Waals surface area contributed by atoms with Gasteiger partial charge in [0.1, 0.15) is 23.6 Å². The maximum atomic E-state index is 13.2. The second-order valence-corrected chi connectivity index (χ2v) is 10.1. The minimum Gasteiger partial charge on any atom is -0.387 e. The highest BCUT2D eigenvalue weighted by atomic mass is 35.5. The molecule has 37 heavy (non-hydrogen) atoms. The Morgan fingerprint density at radius 2 is 1.92 bits per heavy atom. The summed E-state index contributed by atoms with van der Waals surface area (Å²) in [5, 5.41) is 11.2. The number of alkyl halides is 4. The number of hydrogen-bond donors (Lipinski definition) is 0. The number of thiazole rings is 1. The molecule has 0 N–H and O–H groups in total. The number of halogens is 5. The molecule has 13 heteroatoms. The zero-order valence-electron chi connectivity index (χ0n) is 19.4. The van der Waals surface area contributed by atoms with Crippen molar-refractivity contribution < 1.29 is 27.2 Å². The molecule has 0 aliphatic carbocycles. The molecule has 1 amide bonds. The number of carbonyl (C=O) groups excluding carboxylic acids is 1. The van der Waals surface area contributed by atoms with E-state index in [0.29, 0.717) is 48.1 Å². The molecule has 1 atom stereocenters. The van der Waals surface area contributed by atoms with Crippen molar-refractivity contribution >= 4 is 34.6 Å². The molecule has 3 aromatic rings. The summed E-state index contributed by atoms with van der Waals surface area (Å²) in [6.07, 6.45) is -4.41. The molecular formula is C24H22ClF4N5O2S. The highest BCUT2D eigenvalue weighted by molar-refractivity contribution is 7.10. The first kappa shape index (κ1) is 25.7. The van der Waals surface area contributed by atoms with Crippen molar-refractivity contribution in [2.24, 2.45) is 5.16 Å². The van der Waals surface area contributed by atoms with Crippen LogP contribution in [-0.2, 0) is 16.2 Å². The first-order valence-corrected chi connectivity index (χ1v) is 12.9. The molecule has 4 heterocycles. The zero-order valence-corrected chi connectivity index (χ0v) is 20.9. The topological polar surface area (TPSA) is 72.6 Å². The Bertz CT molecular complexity index is 1310. The lowest BCUT2D eigenvalue weighted by Gasteiger charge is -2.31. The summed E-state index contributed by atoms with van der Waals surface area (Å²) in [4.78, 5) is 24.6. The average molecular weight is 556 g/mol. The van der Waals surface area contributed by atoms with Crippen LogP contribution in [0.3, 0.4) is 0 Å². The zero-order chi connectivity index (χ0) is 26.1. The lowest BCUT2D eigenvalue weighted by atomic mass is 9.97. The average Bonchev–Trinajstić information content (AvgIpc) is 3.64. The third-order valence-electron chi connectivity index (χ3n) is 6.50. The number of carbonyl (C=O) groups is 1. The lowest BCUT2D eigenvalue weighted by Crippen LogP contribution is -2.40. The molecule has 0 bridgehead atoms. The normalized spacial score (nSPS) is 18.5. The number of likely N-dealkylation sites (tertiary alicyclic amines) is 1. The molecule has 2 aliphatic rings. The molecule has 1 unspecified atom stereocenters. The summed E-state index contributed by atoms with van der Waals surface area (Å²) in [6.45, 7) is 0.305. The minimum atomic E-state index is -3.01. The molecule has 196 valence electrons. The van der Waals surface area contributed by atoms with E-state index in [0.717, 1.165) is 22.0 Å². The fourth-order valence-electron chi connectivity index (χ4n) is 4.50. The summed E-state index contributed by atoms with van der Waals surface area (Å²) in [5.41, 5.74) is 0.913. The van der Waals surface area contributed by atoms with E-state index < -0.39 is 36.7 Å². The number of nitrogens with zero attached hydrogens (tertiary/aromatic N) is 5. The van der Waals surface area contributed by atoms with Crippen molar-refractivity contribution in [3.05, 3.63) is 68.4 Å². The predicted octanol–water partition coefficient (Wildman–Crippen LogP) is 6.14. The Balaban J connectivity index is 1.17. The third kappa shape index (κ3) is 5.49. The number of piperidine rings is 1. The molecule has 5 rings (SSSR count). The second-order valence-electron chi connectivity index (χ2n) is 8.84. The molecule has 1 saturated heterocycles. The molecule has 0 saturated carbocycles. The first-order valence-electron chi connectivity index (χ1n) is 11.6. The molecule has 0 spiro atoms. The van der Waals surface area contributed by atoms with E-state index in [4.69, 9.17) is 21.4 Å². The van der Waals surface area contributed by atoms with Crippen molar-refractivity contribution in [2.45, 2.75) is 50.7 Å². The molecule has 2 aromatic heterocycles. The third-order valence-corrected chi connectivity index (χ3v) is 7.85. The van der Waals surface area contributed by atoms with Crippen LogP contribution in [0.25, 0.3) is 0 Å². The van der Waals surface area contributed by atoms with Gasteiger partial charge in [-0.15, -0.1) is 11.3 Å². The van der Waals surface area contributed by atoms with Crippen LogP contribution in [0.1, 0.15) is 71.8 Å². The van der Waals surface area contributed by atoms with Gasteiger partial charge in [0.15, 0.2) is 6.10 Å². The molecule has 7 nitrogen and oxygen atoms in total. The Labute approximate surface area is 218 Å². The van der Waals surface area contributed by atoms with E-state index in [-0.39, 0.29) is 12.0 Å². The SMILES string of the molecule is O=C(Cn1nc(C(F)F)cc1C(F)F)N1CCC(c2nc(C3=NOC(c4ccccc4Cl)C3)cs2)CC1. The lowest BCUT2D eigenvalue weighted by molar-refractivity contribution is -0.133. The first-order chi connectivity index (χ1) is 17.8. The number of hydrogen-bond acceptors (Lipinski definition) is 6. The number of rotatable bonds is 7. The highest BCUT2D eigenvalue weighted by Gasteiger charge is 2.30. The Hall–Kier alpha value is -2.99. The summed E-state index contributed by atoms with van der Waals surface area (Å²) in [6, 6.07) is 8.11. The van der Waals surface area contributed by atoms with Crippen LogP contribution in [0.2, 0.25) is 5.02 Å². The van der Waals surface area contributed by atoms with E-state index in [2.05, 4.69) is 10.3 Å². The Morgan fingerprint density at radius 1 is 1.16 bits per heavy atom. The Kier molecular flexibility index (Phi) is 7.47. The van der Waals surface area contributed by atoms with Gasteiger partial charge in [-0.2, -0.15) is 5.10 Å². The summed E-state index contributed by atoms with van der Waals surface area (Å²) in [5.74, 6) is -0.302. The summed E-state index contributed by atoms with van der Waals surface area (Å²) in [7, 11) is 0. The highest BCUT2D eigenvalue weighted by Crippen LogP contribution is 2.36. The Morgan fingerprint density at radius 3 is 2.62 bits per heavy atom. The van der Waals surface area contributed by atoms with Crippen LogP contribution < -0.4 is 0 Å². The van der Waals surface area contributed by atoms with E-state index in [1.54, 1.807) is 4.90 Å². The van der Waals surface area contributed by atoms with Crippen LogP contribution in [0.5, 0.6) is 0 Å². The quantitative estimate of drug-likeness (QED) is 0.328.